The van der Waals surface area contributed by atoms with Crippen LogP contribution >= 0.6 is 0 Å². The van der Waals surface area contributed by atoms with Crippen molar-refractivity contribution in [3.8, 4) is 5.69 Å². The summed E-state index contributed by atoms with van der Waals surface area (Å²) in [5.41, 5.74) is 0.337. The minimum absolute atomic E-state index is 0.372. The van der Waals surface area contributed by atoms with Gasteiger partial charge in [-0.25, -0.2) is 4.68 Å². The Balaban J connectivity index is 1.68. The van der Waals surface area contributed by atoms with Crippen LogP contribution in [0, 0.1) is 0 Å². The lowest BCUT2D eigenvalue weighted by Gasteiger charge is -2.14. The first kappa shape index (κ1) is 16.4. The number of rotatable bonds is 6. The lowest BCUT2D eigenvalue weighted by Crippen LogP contribution is -2.28. The van der Waals surface area contributed by atoms with Gasteiger partial charge in [0.15, 0.2) is 5.82 Å². The molecule has 1 aromatic carbocycles. The van der Waals surface area contributed by atoms with Gasteiger partial charge in [-0.15, -0.1) is 15.3 Å². The van der Waals surface area contributed by atoms with E-state index in [0.29, 0.717) is 18.2 Å². The van der Waals surface area contributed by atoms with E-state index in [0.717, 1.165) is 30.2 Å². The lowest BCUT2D eigenvalue weighted by atomic mass is 9.90. The van der Waals surface area contributed by atoms with E-state index in [1.165, 1.54) is 0 Å². The maximum Gasteiger partial charge on any atom is 0.315 e. The van der Waals surface area contributed by atoms with Gasteiger partial charge in [-0.3, -0.25) is 9.36 Å². The third-order valence-corrected chi connectivity index (χ3v) is 4.73. The standard InChI is InChI=1S/C18H20N6O2/c1-18(2,17(25)26)14-10-23(22-19-14)11-15-20-21-16(12-8-9-12)24(15)13-6-4-3-5-7-13/h3-7,10,12H,8-9,11H2,1-2H3,(H,25,26). The summed E-state index contributed by atoms with van der Waals surface area (Å²) in [6.45, 7) is 3.60. The molecule has 4 rings (SSSR count). The SMILES string of the molecule is CC(C)(C(=O)O)c1cn(Cc2nnc(C3CC3)n2-c2ccccc2)nn1. The Morgan fingerprint density at radius 2 is 1.92 bits per heavy atom. The summed E-state index contributed by atoms with van der Waals surface area (Å²) in [7, 11) is 0. The van der Waals surface area contributed by atoms with Crippen LogP contribution in [0.15, 0.2) is 36.5 Å². The van der Waals surface area contributed by atoms with Crippen LogP contribution in [0.2, 0.25) is 0 Å². The molecule has 0 radical (unpaired) electrons. The van der Waals surface area contributed by atoms with E-state index < -0.39 is 11.4 Å². The number of para-hydroxylation sites is 1. The number of aliphatic carboxylic acids is 1. The van der Waals surface area contributed by atoms with E-state index in [9.17, 15) is 9.90 Å². The average Bonchev–Trinajstić information content (AvgIpc) is 3.21. The number of aromatic nitrogens is 6. The monoisotopic (exact) mass is 352 g/mol. The molecule has 0 amide bonds. The van der Waals surface area contributed by atoms with Gasteiger partial charge in [-0.1, -0.05) is 23.4 Å². The van der Waals surface area contributed by atoms with Gasteiger partial charge < -0.3 is 5.11 Å². The molecular weight excluding hydrogens is 332 g/mol. The Kier molecular flexibility index (Phi) is 3.82. The first-order valence-corrected chi connectivity index (χ1v) is 8.60. The van der Waals surface area contributed by atoms with Crippen LogP contribution in [0.25, 0.3) is 5.69 Å². The van der Waals surface area contributed by atoms with E-state index in [4.69, 9.17) is 0 Å². The summed E-state index contributed by atoms with van der Waals surface area (Å²) in [4.78, 5) is 11.4. The first-order chi connectivity index (χ1) is 12.5. The van der Waals surface area contributed by atoms with Crippen molar-refractivity contribution in [3.05, 3.63) is 53.9 Å². The number of carboxylic acids is 1. The van der Waals surface area contributed by atoms with Crippen LogP contribution in [0.3, 0.4) is 0 Å². The van der Waals surface area contributed by atoms with Crippen LogP contribution < -0.4 is 0 Å². The number of nitrogens with zero attached hydrogens (tertiary/aromatic N) is 6. The zero-order chi connectivity index (χ0) is 18.3. The van der Waals surface area contributed by atoms with Crippen LogP contribution in [-0.2, 0) is 16.8 Å². The summed E-state index contributed by atoms with van der Waals surface area (Å²) in [5, 5.41) is 26.2. The number of carboxylic acid groups (broad SMARTS) is 1. The normalized spacial score (nSPS) is 14.5. The van der Waals surface area contributed by atoms with Crippen molar-refractivity contribution < 1.29 is 9.90 Å². The molecule has 0 aliphatic heterocycles. The summed E-state index contributed by atoms with van der Waals surface area (Å²) < 4.78 is 3.68. The minimum atomic E-state index is -1.09. The fourth-order valence-electron chi connectivity index (χ4n) is 2.81. The Morgan fingerprint density at radius 3 is 2.58 bits per heavy atom. The third kappa shape index (κ3) is 2.87. The topological polar surface area (TPSA) is 98.7 Å². The molecule has 1 saturated carbocycles. The number of hydrogen-bond acceptors (Lipinski definition) is 5. The molecule has 1 aliphatic rings. The van der Waals surface area contributed by atoms with E-state index in [2.05, 4.69) is 25.1 Å². The van der Waals surface area contributed by atoms with Crippen LogP contribution in [0.5, 0.6) is 0 Å². The number of hydrogen-bond donors (Lipinski definition) is 1. The van der Waals surface area contributed by atoms with Crippen molar-refractivity contribution in [1.29, 1.82) is 0 Å². The summed E-state index contributed by atoms with van der Waals surface area (Å²) in [5.74, 6) is 1.24. The third-order valence-electron chi connectivity index (χ3n) is 4.73. The summed E-state index contributed by atoms with van der Waals surface area (Å²) >= 11 is 0. The van der Waals surface area contributed by atoms with Crippen molar-refractivity contribution in [2.75, 3.05) is 0 Å². The molecule has 1 aliphatic carbocycles. The molecule has 8 heteroatoms. The highest BCUT2D eigenvalue weighted by Crippen LogP contribution is 2.40. The van der Waals surface area contributed by atoms with E-state index in [-0.39, 0.29) is 0 Å². The molecule has 134 valence electrons. The fourth-order valence-corrected chi connectivity index (χ4v) is 2.81. The average molecular weight is 352 g/mol. The predicted octanol–water partition coefficient (Wildman–Crippen LogP) is 2.15. The van der Waals surface area contributed by atoms with Gasteiger partial charge in [0, 0.05) is 11.6 Å². The van der Waals surface area contributed by atoms with Crippen molar-refractivity contribution in [2.45, 2.75) is 44.6 Å². The van der Waals surface area contributed by atoms with Gasteiger partial charge >= 0.3 is 5.97 Å². The zero-order valence-corrected chi connectivity index (χ0v) is 14.7. The zero-order valence-electron chi connectivity index (χ0n) is 14.7. The highest BCUT2D eigenvalue weighted by Gasteiger charge is 2.33. The highest BCUT2D eigenvalue weighted by molar-refractivity contribution is 5.79. The molecule has 0 saturated heterocycles. The lowest BCUT2D eigenvalue weighted by molar-refractivity contribution is -0.142. The minimum Gasteiger partial charge on any atom is -0.481 e. The van der Waals surface area contributed by atoms with E-state index in [1.807, 2.05) is 30.3 Å². The van der Waals surface area contributed by atoms with E-state index >= 15 is 0 Å². The smallest absolute Gasteiger partial charge is 0.315 e. The second-order valence-electron chi connectivity index (χ2n) is 7.15. The summed E-state index contributed by atoms with van der Waals surface area (Å²) in [6.07, 6.45) is 3.92. The number of carbonyl (C=O) groups is 1. The second-order valence-corrected chi connectivity index (χ2v) is 7.15. The second kappa shape index (κ2) is 6.05. The Morgan fingerprint density at radius 1 is 1.19 bits per heavy atom. The van der Waals surface area contributed by atoms with Gasteiger partial charge in [0.25, 0.3) is 0 Å². The van der Waals surface area contributed by atoms with Gasteiger partial charge in [0.1, 0.15) is 17.8 Å². The van der Waals surface area contributed by atoms with Gasteiger partial charge in [0.05, 0.1) is 11.9 Å². The first-order valence-electron chi connectivity index (χ1n) is 8.60. The molecule has 0 spiro atoms. The fraction of sp³-hybridized carbons (Fsp3) is 0.389. The maximum atomic E-state index is 11.4. The van der Waals surface area contributed by atoms with Crippen molar-refractivity contribution >= 4 is 5.97 Å². The summed E-state index contributed by atoms with van der Waals surface area (Å²) in [6, 6.07) is 10.00. The van der Waals surface area contributed by atoms with Crippen molar-refractivity contribution in [1.82, 2.24) is 29.8 Å². The highest BCUT2D eigenvalue weighted by atomic mass is 16.4. The predicted molar refractivity (Wildman–Crippen MR) is 93.1 cm³/mol. The Bertz CT molecular complexity index is 940. The van der Waals surface area contributed by atoms with E-state index in [1.54, 1.807) is 24.7 Å². The Hall–Kier alpha value is -3.03. The number of benzene rings is 1. The van der Waals surface area contributed by atoms with Crippen molar-refractivity contribution in [2.24, 2.45) is 0 Å². The quantitative estimate of drug-likeness (QED) is 0.730. The molecule has 1 N–H and O–H groups in total. The van der Waals surface area contributed by atoms with Gasteiger partial charge in [-0.2, -0.15) is 0 Å². The molecule has 1 fully saturated rings. The molecule has 3 aromatic rings. The van der Waals surface area contributed by atoms with Gasteiger partial charge in [-0.05, 0) is 38.8 Å². The molecule has 2 aromatic heterocycles. The maximum absolute atomic E-state index is 11.4. The molecule has 0 unspecified atom stereocenters. The molecule has 26 heavy (non-hydrogen) atoms. The Labute approximate surface area is 150 Å². The largest absolute Gasteiger partial charge is 0.481 e. The molecule has 2 heterocycles. The van der Waals surface area contributed by atoms with Crippen LogP contribution in [-0.4, -0.2) is 40.8 Å². The molecule has 8 nitrogen and oxygen atoms in total. The molecule has 0 atom stereocenters. The molecular formula is C18H20N6O2. The van der Waals surface area contributed by atoms with Crippen LogP contribution in [0.1, 0.15) is 49.9 Å². The molecule has 0 bridgehead atoms. The van der Waals surface area contributed by atoms with Crippen LogP contribution in [0.4, 0.5) is 0 Å². The van der Waals surface area contributed by atoms with Gasteiger partial charge in [0.2, 0.25) is 0 Å². The van der Waals surface area contributed by atoms with Crippen molar-refractivity contribution in [3.63, 3.8) is 0 Å².